The average molecular weight is 307 g/mol. The molecule has 2 aromatic rings. The summed E-state index contributed by atoms with van der Waals surface area (Å²) in [6.45, 7) is 2.14. The number of carbonyl (C=O) groups is 2. The third kappa shape index (κ3) is 4.36. The fourth-order valence-corrected chi connectivity index (χ4v) is 2.00. The summed E-state index contributed by atoms with van der Waals surface area (Å²) in [5, 5.41) is 5.79. The van der Waals surface area contributed by atoms with Gasteiger partial charge in [0, 0.05) is 13.0 Å². The molecule has 0 atom stereocenters. The largest absolute Gasteiger partial charge is 0.459 e. The Hall–Kier alpha value is -2.27. The highest BCUT2D eigenvalue weighted by Gasteiger charge is 2.09. The van der Waals surface area contributed by atoms with Gasteiger partial charge in [-0.05, 0) is 36.8 Å². The van der Waals surface area contributed by atoms with Gasteiger partial charge in [-0.15, -0.1) is 0 Å². The van der Waals surface area contributed by atoms with Crippen LogP contribution in [0.2, 0.25) is 5.02 Å². The molecule has 2 amide bonds. The topological polar surface area (TPSA) is 71.3 Å². The number of halogens is 1. The molecule has 0 saturated carbocycles. The maximum Gasteiger partial charge on any atom is 0.286 e. The van der Waals surface area contributed by atoms with Crippen molar-refractivity contribution in [3.63, 3.8) is 0 Å². The number of amides is 2. The molecule has 5 nitrogen and oxygen atoms in total. The van der Waals surface area contributed by atoms with Crippen LogP contribution < -0.4 is 10.6 Å². The summed E-state index contributed by atoms with van der Waals surface area (Å²) in [4.78, 5) is 23.4. The predicted octanol–water partition coefficient (Wildman–Crippen LogP) is 3.00. The molecule has 0 radical (unpaired) electrons. The number of aryl methyl sites for hydroxylation is 1. The van der Waals surface area contributed by atoms with Crippen LogP contribution in [0.5, 0.6) is 0 Å². The lowest BCUT2D eigenvalue weighted by Gasteiger charge is -2.08. The van der Waals surface area contributed by atoms with Gasteiger partial charge >= 0.3 is 0 Å². The molecule has 1 aromatic carbocycles. The van der Waals surface area contributed by atoms with Gasteiger partial charge in [-0.1, -0.05) is 17.7 Å². The van der Waals surface area contributed by atoms with Crippen LogP contribution in [0, 0.1) is 6.92 Å². The van der Waals surface area contributed by atoms with Crippen LogP contribution in [-0.2, 0) is 4.79 Å². The van der Waals surface area contributed by atoms with Gasteiger partial charge in [0.15, 0.2) is 5.76 Å². The first-order chi connectivity index (χ1) is 10.1. The third-order valence-corrected chi connectivity index (χ3v) is 3.09. The highest BCUT2D eigenvalue weighted by atomic mass is 35.5. The quantitative estimate of drug-likeness (QED) is 0.892. The zero-order valence-corrected chi connectivity index (χ0v) is 12.2. The van der Waals surface area contributed by atoms with Crippen molar-refractivity contribution in [1.29, 1.82) is 0 Å². The van der Waals surface area contributed by atoms with Gasteiger partial charge in [-0.25, -0.2) is 0 Å². The van der Waals surface area contributed by atoms with Gasteiger partial charge in [-0.3, -0.25) is 9.59 Å². The Morgan fingerprint density at radius 2 is 2.10 bits per heavy atom. The van der Waals surface area contributed by atoms with E-state index in [2.05, 4.69) is 10.6 Å². The number of benzene rings is 1. The number of hydrogen-bond donors (Lipinski definition) is 2. The molecule has 2 rings (SSSR count). The average Bonchev–Trinajstić information content (AvgIpc) is 2.96. The summed E-state index contributed by atoms with van der Waals surface area (Å²) in [6.07, 6.45) is 1.57. The second-order valence-corrected chi connectivity index (χ2v) is 4.92. The van der Waals surface area contributed by atoms with Crippen molar-refractivity contribution in [1.82, 2.24) is 5.32 Å². The van der Waals surface area contributed by atoms with Gasteiger partial charge in [0.05, 0.1) is 17.0 Å². The summed E-state index contributed by atoms with van der Waals surface area (Å²) >= 11 is 6.03. The highest BCUT2D eigenvalue weighted by molar-refractivity contribution is 6.33. The van der Waals surface area contributed by atoms with Crippen molar-refractivity contribution in [2.24, 2.45) is 0 Å². The minimum atomic E-state index is -0.346. The Morgan fingerprint density at radius 1 is 1.29 bits per heavy atom. The number of furan rings is 1. The van der Waals surface area contributed by atoms with E-state index in [1.165, 1.54) is 6.26 Å². The molecule has 0 aliphatic carbocycles. The van der Waals surface area contributed by atoms with Gasteiger partial charge in [0.25, 0.3) is 5.91 Å². The first kappa shape index (κ1) is 15.1. The van der Waals surface area contributed by atoms with E-state index < -0.39 is 0 Å². The second-order valence-electron chi connectivity index (χ2n) is 4.51. The van der Waals surface area contributed by atoms with E-state index in [1.54, 1.807) is 24.3 Å². The van der Waals surface area contributed by atoms with E-state index in [0.717, 1.165) is 5.56 Å². The molecule has 0 fully saturated rings. The molecule has 1 heterocycles. The zero-order valence-electron chi connectivity index (χ0n) is 11.5. The normalized spacial score (nSPS) is 10.2. The van der Waals surface area contributed by atoms with Crippen LogP contribution in [-0.4, -0.2) is 18.4 Å². The van der Waals surface area contributed by atoms with Gasteiger partial charge in [0.1, 0.15) is 0 Å². The monoisotopic (exact) mass is 306 g/mol. The van der Waals surface area contributed by atoms with E-state index in [4.69, 9.17) is 16.0 Å². The molecule has 1 aromatic heterocycles. The van der Waals surface area contributed by atoms with Crippen LogP contribution in [0.15, 0.2) is 41.0 Å². The Bertz CT molecular complexity index is 638. The SMILES string of the molecule is Cc1ccc(NC(=O)CCNC(=O)c2ccco2)c(Cl)c1. The molecule has 0 spiro atoms. The van der Waals surface area contributed by atoms with Crippen molar-refractivity contribution in [3.05, 3.63) is 52.9 Å². The highest BCUT2D eigenvalue weighted by Crippen LogP contribution is 2.22. The molecular weight excluding hydrogens is 292 g/mol. The molecule has 6 heteroatoms. The molecule has 0 aliphatic heterocycles. The smallest absolute Gasteiger partial charge is 0.286 e. The summed E-state index contributed by atoms with van der Waals surface area (Å²) in [5.41, 5.74) is 1.58. The lowest BCUT2D eigenvalue weighted by atomic mass is 10.2. The van der Waals surface area contributed by atoms with Crippen molar-refractivity contribution in [2.75, 3.05) is 11.9 Å². The standard InChI is InChI=1S/C15H15ClN2O3/c1-10-4-5-12(11(16)9-10)18-14(19)6-7-17-15(20)13-3-2-8-21-13/h2-5,8-9H,6-7H2,1H3,(H,17,20)(H,18,19). The fraction of sp³-hybridized carbons (Fsp3) is 0.200. The van der Waals surface area contributed by atoms with Crippen molar-refractivity contribution >= 4 is 29.1 Å². The van der Waals surface area contributed by atoms with Gasteiger partial charge in [-0.2, -0.15) is 0 Å². The molecule has 0 aliphatic rings. The van der Waals surface area contributed by atoms with E-state index in [-0.39, 0.29) is 30.5 Å². The second kappa shape index (κ2) is 6.95. The Morgan fingerprint density at radius 3 is 2.76 bits per heavy atom. The van der Waals surface area contributed by atoms with Gasteiger partial charge < -0.3 is 15.1 Å². The third-order valence-electron chi connectivity index (χ3n) is 2.78. The molecule has 21 heavy (non-hydrogen) atoms. The molecular formula is C15H15ClN2O3. The Kier molecular flexibility index (Phi) is 5.00. The minimum absolute atomic E-state index is 0.149. The molecule has 0 bridgehead atoms. The first-order valence-electron chi connectivity index (χ1n) is 6.44. The summed E-state index contributed by atoms with van der Waals surface area (Å²) < 4.78 is 4.95. The lowest BCUT2D eigenvalue weighted by molar-refractivity contribution is -0.116. The number of carbonyl (C=O) groups excluding carboxylic acids is 2. The van der Waals surface area contributed by atoms with E-state index in [9.17, 15) is 9.59 Å². The van der Waals surface area contributed by atoms with Gasteiger partial charge in [0.2, 0.25) is 5.91 Å². The number of nitrogens with one attached hydrogen (secondary N) is 2. The lowest BCUT2D eigenvalue weighted by Crippen LogP contribution is -2.27. The number of anilines is 1. The van der Waals surface area contributed by atoms with Crippen LogP contribution in [0.4, 0.5) is 5.69 Å². The Labute approximate surface area is 127 Å². The predicted molar refractivity (Wildman–Crippen MR) is 80.5 cm³/mol. The molecule has 0 unspecified atom stereocenters. The van der Waals surface area contributed by atoms with E-state index >= 15 is 0 Å². The van der Waals surface area contributed by atoms with Crippen molar-refractivity contribution in [2.45, 2.75) is 13.3 Å². The van der Waals surface area contributed by atoms with Crippen LogP contribution in [0.25, 0.3) is 0 Å². The van der Waals surface area contributed by atoms with Crippen LogP contribution >= 0.6 is 11.6 Å². The maximum absolute atomic E-state index is 11.8. The summed E-state index contributed by atoms with van der Waals surface area (Å²) in [7, 11) is 0. The van der Waals surface area contributed by atoms with Crippen molar-refractivity contribution in [3.8, 4) is 0 Å². The van der Waals surface area contributed by atoms with E-state index in [1.807, 2.05) is 13.0 Å². The van der Waals surface area contributed by atoms with Crippen LogP contribution in [0.1, 0.15) is 22.5 Å². The molecule has 0 saturated heterocycles. The zero-order chi connectivity index (χ0) is 15.2. The first-order valence-corrected chi connectivity index (χ1v) is 6.82. The Balaban J connectivity index is 1.78. The fourth-order valence-electron chi connectivity index (χ4n) is 1.72. The number of rotatable bonds is 5. The molecule has 2 N–H and O–H groups in total. The number of hydrogen-bond acceptors (Lipinski definition) is 3. The van der Waals surface area contributed by atoms with E-state index in [0.29, 0.717) is 10.7 Å². The summed E-state index contributed by atoms with van der Waals surface area (Å²) in [5.74, 6) is -0.348. The maximum atomic E-state index is 11.8. The minimum Gasteiger partial charge on any atom is -0.459 e. The summed E-state index contributed by atoms with van der Waals surface area (Å²) in [6, 6.07) is 8.56. The molecule has 110 valence electrons. The van der Waals surface area contributed by atoms with Crippen molar-refractivity contribution < 1.29 is 14.0 Å². The van der Waals surface area contributed by atoms with Crippen LogP contribution in [0.3, 0.4) is 0 Å².